The average molecular weight is 268 g/mol. The van der Waals surface area contributed by atoms with Crippen molar-refractivity contribution < 1.29 is 4.92 Å². The van der Waals surface area contributed by atoms with E-state index in [4.69, 9.17) is 16.9 Å². The van der Waals surface area contributed by atoms with Gasteiger partial charge >= 0.3 is 0 Å². The Morgan fingerprint density at radius 3 is 2.72 bits per heavy atom. The standard InChI is InChI=1S/C12H14ClN3O2/c1-8-6-12(16(17)18)10(13)7-11(8)15(3)9(2)4-5-14/h6-7,9H,4H2,1-3H3. The molecule has 0 bridgehead atoms. The van der Waals surface area contributed by atoms with Crippen LogP contribution in [0.3, 0.4) is 0 Å². The molecule has 96 valence electrons. The summed E-state index contributed by atoms with van der Waals surface area (Å²) < 4.78 is 0. The van der Waals surface area contributed by atoms with Crippen molar-refractivity contribution in [3.63, 3.8) is 0 Å². The monoisotopic (exact) mass is 267 g/mol. The number of nitrogens with zero attached hydrogens (tertiary/aromatic N) is 3. The van der Waals surface area contributed by atoms with Crippen molar-refractivity contribution in [1.29, 1.82) is 5.26 Å². The van der Waals surface area contributed by atoms with E-state index in [1.54, 1.807) is 13.0 Å². The molecule has 6 heteroatoms. The number of benzene rings is 1. The summed E-state index contributed by atoms with van der Waals surface area (Å²) in [5.41, 5.74) is 1.46. The van der Waals surface area contributed by atoms with Crippen LogP contribution in [0.15, 0.2) is 12.1 Å². The predicted molar refractivity (Wildman–Crippen MR) is 70.9 cm³/mol. The summed E-state index contributed by atoms with van der Waals surface area (Å²) in [4.78, 5) is 12.2. The lowest BCUT2D eigenvalue weighted by Gasteiger charge is -2.26. The van der Waals surface area contributed by atoms with E-state index in [1.165, 1.54) is 6.07 Å². The molecule has 0 fully saturated rings. The van der Waals surface area contributed by atoms with Gasteiger partial charge in [-0.2, -0.15) is 5.26 Å². The molecule has 1 aromatic carbocycles. The first-order chi connectivity index (χ1) is 8.38. The highest BCUT2D eigenvalue weighted by molar-refractivity contribution is 6.33. The summed E-state index contributed by atoms with van der Waals surface area (Å²) in [7, 11) is 1.84. The van der Waals surface area contributed by atoms with E-state index < -0.39 is 4.92 Å². The number of halogens is 1. The van der Waals surface area contributed by atoms with Gasteiger partial charge in [0.05, 0.1) is 17.4 Å². The van der Waals surface area contributed by atoms with Gasteiger partial charge in [0.15, 0.2) is 0 Å². The lowest BCUT2D eigenvalue weighted by molar-refractivity contribution is -0.384. The van der Waals surface area contributed by atoms with E-state index in [0.717, 1.165) is 11.3 Å². The number of anilines is 1. The average Bonchev–Trinajstić information content (AvgIpc) is 2.30. The molecule has 1 atom stereocenters. The van der Waals surface area contributed by atoms with E-state index >= 15 is 0 Å². The van der Waals surface area contributed by atoms with Crippen molar-refractivity contribution in [2.45, 2.75) is 26.3 Å². The molecule has 0 spiro atoms. The van der Waals surface area contributed by atoms with Crippen LogP contribution in [0.4, 0.5) is 11.4 Å². The van der Waals surface area contributed by atoms with Crippen molar-refractivity contribution in [2.75, 3.05) is 11.9 Å². The number of hydrogen-bond acceptors (Lipinski definition) is 4. The van der Waals surface area contributed by atoms with Gasteiger partial charge in [-0.15, -0.1) is 0 Å². The highest BCUT2D eigenvalue weighted by Gasteiger charge is 2.18. The van der Waals surface area contributed by atoms with Crippen LogP contribution < -0.4 is 4.90 Å². The lowest BCUT2D eigenvalue weighted by atomic mass is 10.1. The van der Waals surface area contributed by atoms with Gasteiger partial charge in [-0.05, 0) is 25.5 Å². The minimum Gasteiger partial charge on any atom is -0.371 e. The van der Waals surface area contributed by atoms with Gasteiger partial charge in [-0.1, -0.05) is 11.6 Å². The van der Waals surface area contributed by atoms with Gasteiger partial charge < -0.3 is 4.90 Å². The van der Waals surface area contributed by atoms with Crippen LogP contribution >= 0.6 is 11.6 Å². The fourth-order valence-electron chi connectivity index (χ4n) is 1.68. The summed E-state index contributed by atoms with van der Waals surface area (Å²) in [6.07, 6.45) is 0.380. The van der Waals surface area contributed by atoms with E-state index in [1.807, 2.05) is 18.9 Å². The second kappa shape index (κ2) is 5.69. The SMILES string of the molecule is Cc1cc([N+](=O)[O-])c(Cl)cc1N(C)C(C)CC#N. The van der Waals surface area contributed by atoms with Crippen molar-refractivity contribution in [3.8, 4) is 6.07 Å². The van der Waals surface area contributed by atoms with Gasteiger partial charge in [-0.3, -0.25) is 10.1 Å². The van der Waals surface area contributed by atoms with Crippen LogP contribution in [0.2, 0.25) is 5.02 Å². The number of nitro groups is 1. The van der Waals surface area contributed by atoms with Gasteiger partial charge in [-0.25, -0.2) is 0 Å². The van der Waals surface area contributed by atoms with Crippen molar-refractivity contribution >= 4 is 23.0 Å². The van der Waals surface area contributed by atoms with E-state index in [0.29, 0.717) is 6.42 Å². The molecule has 0 aliphatic rings. The molecule has 1 unspecified atom stereocenters. The third-order valence-corrected chi connectivity index (χ3v) is 3.19. The molecule has 1 aromatic rings. The lowest BCUT2D eigenvalue weighted by Crippen LogP contribution is -2.29. The molecule has 0 radical (unpaired) electrons. The second-order valence-electron chi connectivity index (χ2n) is 4.17. The van der Waals surface area contributed by atoms with Crippen LogP contribution in [0.5, 0.6) is 0 Å². The quantitative estimate of drug-likeness (QED) is 0.620. The highest BCUT2D eigenvalue weighted by Crippen LogP contribution is 2.32. The minimum atomic E-state index is -0.502. The number of nitro benzene ring substituents is 1. The Hall–Kier alpha value is -1.80. The molecule has 0 heterocycles. The number of aryl methyl sites for hydroxylation is 1. The Bertz CT molecular complexity index is 511. The molecule has 0 amide bonds. The summed E-state index contributed by atoms with van der Waals surface area (Å²) in [6.45, 7) is 3.70. The first-order valence-electron chi connectivity index (χ1n) is 5.42. The zero-order valence-electron chi connectivity index (χ0n) is 10.5. The molecule has 0 aliphatic carbocycles. The summed E-state index contributed by atoms with van der Waals surface area (Å²) >= 11 is 5.89. The maximum Gasteiger partial charge on any atom is 0.288 e. The number of hydrogen-bond donors (Lipinski definition) is 0. The molecule has 0 saturated carbocycles. The van der Waals surface area contributed by atoms with Gasteiger partial charge in [0, 0.05) is 24.8 Å². The Labute approximate surface area is 111 Å². The third kappa shape index (κ3) is 2.90. The number of nitriles is 1. The molecular weight excluding hydrogens is 254 g/mol. The van der Waals surface area contributed by atoms with Gasteiger partial charge in [0.2, 0.25) is 0 Å². The Balaban J connectivity index is 3.16. The van der Waals surface area contributed by atoms with Crippen LogP contribution in [0, 0.1) is 28.4 Å². The van der Waals surface area contributed by atoms with Crippen LogP contribution in [0.1, 0.15) is 18.9 Å². The first-order valence-corrected chi connectivity index (χ1v) is 5.80. The minimum absolute atomic E-state index is 0.0197. The molecular formula is C12H14ClN3O2. The van der Waals surface area contributed by atoms with E-state index in [9.17, 15) is 10.1 Å². The summed E-state index contributed by atoms with van der Waals surface area (Å²) in [5.74, 6) is 0. The summed E-state index contributed by atoms with van der Waals surface area (Å²) in [5, 5.41) is 19.5. The fraction of sp³-hybridized carbons (Fsp3) is 0.417. The zero-order valence-corrected chi connectivity index (χ0v) is 11.2. The molecule has 0 aliphatic heterocycles. The van der Waals surface area contributed by atoms with E-state index in [-0.39, 0.29) is 16.8 Å². The predicted octanol–water partition coefficient (Wildman–Crippen LogP) is 3.30. The van der Waals surface area contributed by atoms with E-state index in [2.05, 4.69) is 6.07 Å². The Morgan fingerprint density at radius 1 is 1.61 bits per heavy atom. The van der Waals surface area contributed by atoms with Crippen molar-refractivity contribution in [1.82, 2.24) is 0 Å². The molecule has 0 saturated heterocycles. The van der Waals surface area contributed by atoms with Gasteiger partial charge in [0.1, 0.15) is 5.02 Å². The zero-order chi connectivity index (χ0) is 13.9. The largest absolute Gasteiger partial charge is 0.371 e. The highest BCUT2D eigenvalue weighted by atomic mass is 35.5. The molecule has 18 heavy (non-hydrogen) atoms. The van der Waals surface area contributed by atoms with Crippen molar-refractivity contribution in [3.05, 3.63) is 32.8 Å². The first kappa shape index (κ1) is 14.3. The normalized spacial score (nSPS) is 11.7. The van der Waals surface area contributed by atoms with Crippen LogP contribution in [0.25, 0.3) is 0 Å². The Morgan fingerprint density at radius 2 is 2.22 bits per heavy atom. The summed E-state index contributed by atoms with van der Waals surface area (Å²) in [6, 6.07) is 5.14. The van der Waals surface area contributed by atoms with Crippen molar-refractivity contribution in [2.24, 2.45) is 0 Å². The number of rotatable bonds is 4. The third-order valence-electron chi connectivity index (χ3n) is 2.89. The maximum atomic E-state index is 10.8. The van der Waals surface area contributed by atoms with Gasteiger partial charge in [0.25, 0.3) is 5.69 Å². The second-order valence-corrected chi connectivity index (χ2v) is 4.58. The topological polar surface area (TPSA) is 70.2 Å². The van der Waals surface area contributed by atoms with Crippen LogP contribution in [-0.2, 0) is 0 Å². The molecule has 5 nitrogen and oxygen atoms in total. The molecule has 0 N–H and O–H groups in total. The maximum absolute atomic E-state index is 10.8. The Kier molecular flexibility index (Phi) is 4.51. The molecule has 0 aromatic heterocycles. The smallest absolute Gasteiger partial charge is 0.288 e. The molecule has 1 rings (SSSR count). The fourth-order valence-corrected chi connectivity index (χ4v) is 1.91. The van der Waals surface area contributed by atoms with Crippen LogP contribution in [-0.4, -0.2) is 18.0 Å².